The van der Waals surface area contributed by atoms with Gasteiger partial charge in [-0.2, -0.15) is 13.2 Å². The van der Waals surface area contributed by atoms with Crippen molar-refractivity contribution in [2.24, 2.45) is 5.16 Å². The average Bonchev–Trinajstić information content (AvgIpc) is 3.26. The molecular formula is C25H19F5N2O2. The number of halogens is 5. The molecule has 3 aromatic carbocycles. The Hall–Kier alpha value is -3.75. The maximum absolute atomic E-state index is 13.7. The van der Waals surface area contributed by atoms with Crippen LogP contribution in [0.25, 0.3) is 0 Å². The topological polar surface area (TPSA) is 41.9 Å². The van der Waals surface area contributed by atoms with Gasteiger partial charge >= 0.3 is 6.18 Å². The first kappa shape index (κ1) is 23.4. The van der Waals surface area contributed by atoms with Crippen LogP contribution < -0.4 is 0 Å². The van der Waals surface area contributed by atoms with E-state index in [1.165, 1.54) is 47.4 Å². The predicted octanol–water partition coefficient (Wildman–Crippen LogP) is 5.82. The Morgan fingerprint density at radius 1 is 0.971 bits per heavy atom. The lowest BCUT2D eigenvalue weighted by molar-refractivity contribution is -0.137. The normalized spacial score (nSPS) is 15.6. The van der Waals surface area contributed by atoms with Gasteiger partial charge in [0.25, 0.3) is 5.91 Å². The first-order valence-corrected chi connectivity index (χ1v) is 10.4. The summed E-state index contributed by atoms with van der Waals surface area (Å²) in [5.74, 6) is -1.52. The van der Waals surface area contributed by atoms with Gasteiger partial charge in [-0.15, -0.1) is 0 Å². The highest BCUT2D eigenvalue weighted by Crippen LogP contribution is 2.29. The van der Waals surface area contributed by atoms with Crippen molar-refractivity contribution in [3.63, 3.8) is 0 Å². The van der Waals surface area contributed by atoms with Gasteiger partial charge in [0.2, 0.25) is 0 Å². The lowest BCUT2D eigenvalue weighted by atomic mass is 10.0. The van der Waals surface area contributed by atoms with Gasteiger partial charge in [0.05, 0.1) is 17.8 Å². The molecule has 0 radical (unpaired) electrons. The molecule has 1 aliphatic rings. The van der Waals surface area contributed by atoms with Crippen LogP contribution >= 0.6 is 0 Å². The maximum atomic E-state index is 13.7. The van der Waals surface area contributed by atoms with E-state index in [1.54, 1.807) is 12.1 Å². The summed E-state index contributed by atoms with van der Waals surface area (Å²) in [6.07, 6.45) is -4.74. The van der Waals surface area contributed by atoms with E-state index in [-0.39, 0.29) is 18.7 Å². The zero-order valence-corrected chi connectivity index (χ0v) is 17.7. The molecular weight excluding hydrogens is 455 g/mol. The highest BCUT2D eigenvalue weighted by molar-refractivity contribution is 6.01. The highest BCUT2D eigenvalue weighted by Gasteiger charge is 2.31. The van der Waals surface area contributed by atoms with Crippen molar-refractivity contribution in [1.82, 2.24) is 4.90 Å². The van der Waals surface area contributed by atoms with Crippen molar-refractivity contribution in [3.8, 4) is 0 Å². The Kier molecular flexibility index (Phi) is 6.63. The van der Waals surface area contributed by atoms with E-state index < -0.39 is 35.4 Å². The van der Waals surface area contributed by atoms with Gasteiger partial charge in [-0.25, -0.2) is 8.78 Å². The molecule has 1 amide bonds. The molecule has 0 bridgehead atoms. The summed E-state index contributed by atoms with van der Waals surface area (Å²) in [7, 11) is 0. The minimum absolute atomic E-state index is 0.0252. The van der Waals surface area contributed by atoms with Crippen molar-refractivity contribution in [3.05, 3.63) is 107 Å². The molecule has 0 aliphatic carbocycles. The number of amides is 1. The number of nitrogens with zero attached hydrogens (tertiary/aromatic N) is 2. The monoisotopic (exact) mass is 474 g/mol. The number of hydrogen-bond donors (Lipinski definition) is 0. The van der Waals surface area contributed by atoms with Crippen molar-refractivity contribution < 1.29 is 31.6 Å². The summed E-state index contributed by atoms with van der Waals surface area (Å²) < 4.78 is 65.9. The minimum atomic E-state index is -4.47. The molecule has 4 rings (SSSR count). The number of carbonyl (C=O) groups excluding carboxylic acids is 1. The Balaban J connectivity index is 1.53. The molecule has 0 saturated heterocycles. The maximum Gasteiger partial charge on any atom is 0.416 e. The number of alkyl halides is 3. The number of benzene rings is 3. The van der Waals surface area contributed by atoms with Crippen molar-refractivity contribution >= 4 is 11.6 Å². The van der Waals surface area contributed by atoms with Gasteiger partial charge in [0.1, 0.15) is 11.6 Å². The number of rotatable bonds is 6. The Morgan fingerprint density at radius 2 is 1.65 bits per heavy atom. The van der Waals surface area contributed by atoms with E-state index in [1.807, 2.05) is 0 Å². The van der Waals surface area contributed by atoms with Crippen LogP contribution in [0.5, 0.6) is 0 Å². The molecule has 176 valence electrons. The molecule has 0 fully saturated rings. The van der Waals surface area contributed by atoms with E-state index in [4.69, 9.17) is 4.84 Å². The van der Waals surface area contributed by atoms with Crippen LogP contribution in [0, 0.1) is 11.6 Å². The number of carbonyl (C=O) groups is 1. The first-order valence-electron chi connectivity index (χ1n) is 10.4. The molecule has 1 aliphatic heterocycles. The van der Waals surface area contributed by atoms with Crippen molar-refractivity contribution in [2.45, 2.75) is 25.2 Å². The van der Waals surface area contributed by atoms with Gasteiger partial charge < -0.3 is 9.74 Å². The first-order chi connectivity index (χ1) is 16.2. The lowest BCUT2D eigenvalue weighted by Crippen LogP contribution is -2.37. The average molecular weight is 474 g/mol. The fourth-order valence-corrected chi connectivity index (χ4v) is 3.65. The van der Waals surface area contributed by atoms with Crippen LogP contribution in [-0.4, -0.2) is 29.2 Å². The quantitative estimate of drug-likeness (QED) is 0.423. The van der Waals surface area contributed by atoms with Gasteiger partial charge in [0, 0.05) is 24.1 Å². The van der Waals surface area contributed by atoms with Crippen LogP contribution in [0.3, 0.4) is 0 Å². The molecule has 9 heteroatoms. The lowest BCUT2D eigenvalue weighted by Gasteiger charge is -2.25. The van der Waals surface area contributed by atoms with Crippen LogP contribution in [0.4, 0.5) is 22.0 Å². The largest absolute Gasteiger partial charge is 0.416 e. The van der Waals surface area contributed by atoms with Gasteiger partial charge in [0.15, 0.2) is 6.10 Å². The standard InChI is InChI=1S/C25H19F5N2O2/c26-20-5-1-3-17(11-20)23-13-22(34-31-23)15-32(24(33)18-4-2-6-21(27)12-18)14-16-7-9-19(10-8-16)25(28,29)30/h1-12,22H,13-15H2/t22-/m1/s1. The summed E-state index contributed by atoms with van der Waals surface area (Å²) in [6, 6.07) is 15.5. The fourth-order valence-electron chi connectivity index (χ4n) is 3.65. The number of hydrogen-bond acceptors (Lipinski definition) is 3. The summed E-state index contributed by atoms with van der Waals surface area (Å²) in [6.45, 7) is 0.0152. The summed E-state index contributed by atoms with van der Waals surface area (Å²) in [5, 5.41) is 4.00. The predicted molar refractivity (Wildman–Crippen MR) is 115 cm³/mol. The molecule has 0 saturated carbocycles. The zero-order valence-electron chi connectivity index (χ0n) is 17.7. The zero-order chi connectivity index (χ0) is 24.3. The van der Waals surface area contributed by atoms with Crippen LogP contribution in [0.1, 0.15) is 33.5 Å². The summed E-state index contributed by atoms with van der Waals surface area (Å²) in [4.78, 5) is 20.0. The smallest absolute Gasteiger partial charge is 0.390 e. The van der Waals surface area contributed by atoms with Crippen molar-refractivity contribution in [1.29, 1.82) is 0 Å². The molecule has 4 nitrogen and oxygen atoms in total. The summed E-state index contributed by atoms with van der Waals surface area (Å²) in [5.41, 5.74) is 0.815. The molecule has 0 spiro atoms. The third-order valence-electron chi connectivity index (χ3n) is 5.33. The van der Waals surface area contributed by atoms with Crippen LogP contribution in [0.15, 0.2) is 78.0 Å². The Morgan fingerprint density at radius 3 is 2.29 bits per heavy atom. The molecule has 34 heavy (non-hydrogen) atoms. The van der Waals surface area contributed by atoms with Crippen molar-refractivity contribution in [2.75, 3.05) is 6.54 Å². The van der Waals surface area contributed by atoms with E-state index in [0.29, 0.717) is 23.3 Å². The fraction of sp³-hybridized carbons (Fsp3) is 0.200. The van der Waals surface area contributed by atoms with Gasteiger partial charge in [-0.05, 0) is 48.0 Å². The van der Waals surface area contributed by atoms with Gasteiger partial charge in [-0.1, -0.05) is 35.5 Å². The van der Waals surface area contributed by atoms with Gasteiger partial charge in [-0.3, -0.25) is 4.79 Å². The second-order valence-electron chi connectivity index (χ2n) is 7.87. The van der Waals surface area contributed by atoms with E-state index >= 15 is 0 Å². The second kappa shape index (κ2) is 9.62. The Labute approximate surface area is 192 Å². The second-order valence-corrected chi connectivity index (χ2v) is 7.87. The highest BCUT2D eigenvalue weighted by atomic mass is 19.4. The number of oxime groups is 1. The van der Waals surface area contributed by atoms with E-state index in [2.05, 4.69) is 5.16 Å². The summed E-state index contributed by atoms with van der Waals surface area (Å²) >= 11 is 0. The molecule has 0 aromatic heterocycles. The molecule has 1 atom stereocenters. The van der Waals surface area contributed by atoms with E-state index in [9.17, 15) is 26.7 Å². The van der Waals surface area contributed by atoms with Crippen LogP contribution in [-0.2, 0) is 17.6 Å². The SMILES string of the molecule is O=C(c1cccc(F)c1)N(Cc1ccc(C(F)(F)F)cc1)C[C@H]1CC(c2cccc(F)c2)=NO1. The third-order valence-corrected chi connectivity index (χ3v) is 5.33. The Bertz CT molecular complexity index is 1210. The molecule has 0 N–H and O–H groups in total. The van der Waals surface area contributed by atoms with E-state index in [0.717, 1.165) is 18.2 Å². The minimum Gasteiger partial charge on any atom is -0.390 e. The third kappa shape index (κ3) is 5.59. The molecule has 3 aromatic rings. The molecule has 1 heterocycles. The van der Waals surface area contributed by atoms with Crippen LogP contribution in [0.2, 0.25) is 0 Å². The molecule has 0 unspecified atom stereocenters.